The number of nitrogens with zero attached hydrogens (tertiary/aromatic N) is 1. The van der Waals surface area contributed by atoms with Gasteiger partial charge in [-0.15, -0.1) is 0 Å². The van der Waals surface area contributed by atoms with Crippen LogP contribution in [0.2, 0.25) is 0 Å². The molecule has 1 saturated carbocycles. The lowest BCUT2D eigenvalue weighted by Gasteiger charge is -2.34. The van der Waals surface area contributed by atoms with Gasteiger partial charge in [-0.2, -0.15) is 0 Å². The second-order valence-electron chi connectivity index (χ2n) is 6.90. The minimum atomic E-state index is -0.705. The average molecular weight is 302 g/mol. The van der Waals surface area contributed by atoms with E-state index in [1.54, 1.807) is 11.9 Å². The normalized spacial score (nSPS) is 27.8. The van der Waals surface area contributed by atoms with E-state index in [4.69, 9.17) is 5.73 Å². The fourth-order valence-corrected chi connectivity index (χ4v) is 3.77. The van der Waals surface area contributed by atoms with Crippen LogP contribution >= 0.6 is 0 Å². The number of amides is 1. The third-order valence-corrected chi connectivity index (χ3v) is 5.38. The Morgan fingerprint density at radius 1 is 1.36 bits per heavy atom. The van der Waals surface area contributed by atoms with E-state index in [0.29, 0.717) is 36.6 Å². The SMILES string of the molecule is CN1Cc2c(C3CCC(C)(C(=O)O)CC3)ccc(N)c2C1=O. The molecule has 118 valence electrons. The van der Waals surface area contributed by atoms with E-state index in [1.165, 1.54) is 5.56 Å². The zero-order chi connectivity index (χ0) is 16.1. The molecule has 1 aromatic rings. The fraction of sp³-hybridized carbons (Fsp3) is 0.529. The fourth-order valence-electron chi connectivity index (χ4n) is 3.77. The molecule has 1 amide bonds. The first kappa shape index (κ1) is 14.9. The van der Waals surface area contributed by atoms with Gasteiger partial charge >= 0.3 is 5.97 Å². The summed E-state index contributed by atoms with van der Waals surface area (Å²) >= 11 is 0. The molecular formula is C17H22N2O3. The minimum Gasteiger partial charge on any atom is -0.481 e. The lowest BCUT2D eigenvalue weighted by atomic mass is 9.69. The Bertz CT molecular complexity index is 646. The predicted octanol–water partition coefficient (Wildman–Crippen LogP) is 2.60. The van der Waals surface area contributed by atoms with Crippen molar-refractivity contribution in [3.63, 3.8) is 0 Å². The number of aliphatic carboxylic acids is 1. The summed E-state index contributed by atoms with van der Waals surface area (Å²) in [7, 11) is 1.79. The van der Waals surface area contributed by atoms with Crippen LogP contribution in [0.1, 0.15) is 60.0 Å². The number of carboxylic acid groups (broad SMARTS) is 1. The van der Waals surface area contributed by atoms with Gasteiger partial charge in [0.2, 0.25) is 0 Å². The molecule has 0 aromatic heterocycles. The highest BCUT2D eigenvalue weighted by Crippen LogP contribution is 2.45. The van der Waals surface area contributed by atoms with Crippen LogP contribution in [0.15, 0.2) is 12.1 Å². The van der Waals surface area contributed by atoms with E-state index in [1.807, 2.05) is 19.1 Å². The highest BCUT2D eigenvalue weighted by atomic mass is 16.4. The molecule has 1 aliphatic heterocycles. The maximum atomic E-state index is 12.2. The summed E-state index contributed by atoms with van der Waals surface area (Å²) in [5.41, 5.74) is 8.77. The lowest BCUT2D eigenvalue weighted by Crippen LogP contribution is -2.32. The molecule has 1 aliphatic carbocycles. The molecule has 1 aromatic carbocycles. The van der Waals surface area contributed by atoms with Gasteiger partial charge in [-0.1, -0.05) is 6.07 Å². The molecule has 1 fully saturated rings. The summed E-state index contributed by atoms with van der Waals surface area (Å²) in [6.45, 7) is 2.43. The van der Waals surface area contributed by atoms with Crippen molar-refractivity contribution < 1.29 is 14.7 Å². The van der Waals surface area contributed by atoms with Crippen molar-refractivity contribution in [2.45, 2.75) is 45.1 Å². The van der Waals surface area contributed by atoms with Gasteiger partial charge in [0.15, 0.2) is 0 Å². The molecule has 3 N–H and O–H groups in total. The number of carboxylic acids is 1. The molecule has 5 nitrogen and oxygen atoms in total. The van der Waals surface area contributed by atoms with Crippen LogP contribution in [0.3, 0.4) is 0 Å². The second kappa shape index (κ2) is 5.00. The van der Waals surface area contributed by atoms with E-state index in [0.717, 1.165) is 18.4 Å². The number of fused-ring (bicyclic) bond motifs is 1. The Kier molecular flexibility index (Phi) is 3.38. The van der Waals surface area contributed by atoms with Crippen LogP contribution in [0, 0.1) is 5.41 Å². The third kappa shape index (κ3) is 2.16. The van der Waals surface area contributed by atoms with Crippen molar-refractivity contribution in [3.05, 3.63) is 28.8 Å². The Labute approximate surface area is 130 Å². The summed E-state index contributed by atoms with van der Waals surface area (Å²) in [5, 5.41) is 9.35. The Balaban J connectivity index is 1.90. The zero-order valence-corrected chi connectivity index (χ0v) is 13.1. The number of hydrogen-bond donors (Lipinski definition) is 2. The molecule has 5 heteroatoms. The molecule has 0 bridgehead atoms. The summed E-state index contributed by atoms with van der Waals surface area (Å²) < 4.78 is 0. The van der Waals surface area contributed by atoms with Gasteiger partial charge in [0.1, 0.15) is 0 Å². The Morgan fingerprint density at radius 3 is 2.59 bits per heavy atom. The first-order valence-corrected chi connectivity index (χ1v) is 7.73. The number of rotatable bonds is 2. The van der Waals surface area contributed by atoms with Crippen LogP contribution in [0.5, 0.6) is 0 Å². The van der Waals surface area contributed by atoms with Crippen molar-refractivity contribution in [2.24, 2.45) is 5.41 Å². The monoisotopic (exact) mass is 302 g/mol. The molecule has 0 radical (unpaired) electrons. The van der Waals surface area contributed by atoms with Gasteiger partial charge in [-0.25, -0.2) is 0 Å². The third-order valence-electron chi connectivity index (χ3n) is 5.38. The maximum Gasteiger partial charge on any atom is 0.309 e. The van der Waals surface area contributed by atoms with Gasteiger partial charge in [-0.05, 0) is 55.7 Å². The summed E-state index contributed by atoms with van der Waals surface area (Å²) in [6.07, 6.45) is 3.04. The second-order valence-corrected chi connectivity index (χ2v) is 6.90. The lowest BCUT2D eigenvalue weighted by molar-refractivity contribution is -0.149. The van der Waals surface area contributed by atoms with Crippen LogP contribution in [-0.4, -0.2) is 28.9 Å². The number of hydrogen-bond acceptors (Lipinski definition) is 3. The quantitative estimate of drug-likeness (QED) is 0.823. The molecule has 0 spiro atoms. The molecule has 0 unspecified atom stereocenters. The smallest absolute Gasteiger partial charge is 0.309 e. The van der Waals surface area contributed by atoms with Crippen molar-refractivity contribution in [1.29, 1.82) is 0 Å². The largest absolute Gasteiger partial charge is 0.481 e. The molecule has 22 heavy (non-hydrogen) atoms. The van der Waals surface area contributed by atoms with E-state index < -0.39 is 11.4 Å². The zero-order valence-electron chi connectivity index (χ0n) is 13.1. The molecule has 0 atom stereocenters. The van der Waals surface area contributed by atoms with E-state index in [9.17, 15) is 14.7 Å². The van der Waals surface area contributed by atoms with Crippen molar-refractivity contribution in [2.75, 3.05) is 12.8 Å². The van der Waals surface area contributed by atoms with Crippen LogP contribution in [0.25, 0.3) is 0 Å². The molecular weight excluding hydrogens is 280 g/mol. The van der Waals surface area contributed by atoms with Crippen LogP contribution in [-0.2, 0) is 11.3 Å². The molecule has 0 saturated heterocycles. The highest BCUT2D eigenvalue weighted by molar-refractivity contribution is 6.03. The number of nitrogens with two attached hydrogens (primary N) is 1. The van der Waals surface area contributed by atoms with Gasteiger partial charge in [0.25, 0.3) is 5.91 Å². The van der Waals surface area contributed by atoms with Crippen molar-refractivity contribution in [1.82, 2.24) is 4.90 Å². The number of anilines is 1. The summed E-state index contributed by atoms with van der Waals surface area (Å²) in [5.74, 6) is -0.398. The van der Waals surface area contributed by atoms with Gasteiger partial charge in [0, 0.05) is 19.3 Å². The number of benzene rings is 1. The van der Waals surface area contributed by atoms with Gasteiger partial charge in [0.05, 0.1) is 11.0 Å². The summed E-state index contributed by atoms with van der Waals surface area (Å²) in [4.78, 5) is 25.3. The highest BCUT2D eigenvalue weighted by Gasteiger charge is 2.39. The molecule has 2 aliphatic rings. The molecule has 3 rings (SSSR count). The average Bonchev–Trinajstić information content (AvgIpc) is 2.77. The first-order chi connectivity index (χ1) is 10.3. The summed E-state index contributed by atoms with van der Waals surface area (Å²) in [6, 6.07) is 3.84. The van der Waals surface area contributed by atoms with Crippen molar-refractivity contribution >= 4 is 17.6 Å². The molecule has 1 heterocycles. The number of nitrogen functional groups attached to an aromatic ring is 1. The number of carbonyl (C=O) groups excluding carboxylic acids is 1. The predicted molar refractivity (Wildman–Crippen MR) is 83.6 cm³/mol. The van der Waals surface area contributed by atoms with E-state index >= 15 is 0 Å². The van der Waals surface area contributed by atoms with E-state index in [-0.39, 0.29) is 5.91 Å². The Morgan fingerprint density at radius 2 is 2.00 bits per heavy atom. The minimum absolute atomic E-state index is 0.0134. The standard InChI is InChI=1S/C17H22N2O3/c1-17(16(21)22)7-5-10(6-8-17)11-3-4-13(18)14-12(11)9-19(2)15(14)20/h3-4,10H,5-9,18H2,1-2H3,(H,21,22). The van der Waals surface area contributed by atoms with Crippen LogP contribution < -0.4 is 5.73 Å². The maximum absolute atomic E-state index is 12.2. The van der Waals surface area contributed by atoms with Crippen molar-refractivity contribution in [3.8, 4) is 0 Å². The van der Waals surface area contributed by atoms with E-state index in [2.05, 4.69) is 0 Å². The van der Waals surface area contributed by atoms with Crippen LogP contribution in [0.4, 0.5) is 5.69 Å². The topological polar surface area (TPSA) is 83.6 Å². The Hall–Kier alpha value is -2.04. The number of carbonyl (C=O) groups is 2. The first-order valence-electron chi connectivity index (χ1n) is 7.73. The van der Waals surface area contributed by atoms with Gasteiger partial charge < -0.3 is 15.7 Å². The van der Waals surface area contributed by atoms with Gasteiger partial charge in [-0.3, -0.25) is 9.59 Å².